The molecule has 0 aliphatic rings. The fourth-order valence-corrected chi connectivity index (χ4v) is 3.75. The lowest BCUT2D eigenvalue weighted by molar-refractivity contribution is -0.384. The highest BCUT2D eigenvalue weighted by atomic mass is 16.6. The molecule has 3 aromatic carbocycles. The topological polar surface area (TPSA) is 90.2 Å². The summed E-state index contributed by atoms with van der Waals surface area (Å²) >= 11 is 0. The van der Waals surface area contributed by atoms with Gasteiger partial charge >= 0.3 is 0 Å². The number of non-ortho nitro benzene ring substituents is 1. The average molecular weight is 468 g/mol. The first-order chi connectivity index (χ1) is 16.9. The Balaban J connectivity index is 1.84. The van der Waals surface area contributed by atoms with E-state index in [9.17, 15) is 14.9 Å². The van der Waals surface area contributed by atoms with Crippen molar-refractivity contribution in [1.29, 1.82) is 0 Å². The molecule has 1 N–H and O–H groups in total. The van der Waals surface area contributed by atoms with E-state index in [0.717, 1.165) is 22.3 Å². The van der Waals surface area contributed by atoms with Crippen molar-refractivity contribution in [2.24, 2.45) is 0 Å². The molecular weight excluding hydrogens is 442 g/mol. The summed E-state index contributed by atoms with van der Waals surface area (Å²) in [7, 11) is 1.59. The lowest BCUT2D eigenvalue weighted by Gasteiger charge is -2.06. The van der Waals surface area contributed by atoms with E-state index in [2.05, 4.69) is 5.10 Å². The van der Waals surface area contributed by atoms with Gasteiger partial charge in [-0.15, -0.1) is 0 Å². The number of nitro groups is 1. The summed E-state index contributed by atoms with van der Waals surface area (Å²) in [6, 6.07) is 21.6. The third kappa shape index (κ3) is 5.14. The molecule has 0 amide bonds. The van der Waals surface area contributed by atoms with Crippen molar-refractivity contribution in [2.75, 3.05) is 7.11 Å². The second kappa shape index (κ2) is 10.1. The maximum atomic E-state index is 13.4. The van der Waals surface area contributed by atoms with E-state index in [1.807, 2.05) is 80.6 Å². The normalized spacial score (nSPS) is 11.7. The van der Waals surface area contributed by atoms with Crippen molar-refractivity contribution >= 4 is 29.5 Å². The van der Waals surface area contributed by atoms with E-state index in [1.54, 1.807) is 19.2 Å². The number of methoxy groups -OCH3 is 1. The number of hydrogen-bond acceptors (Lipinski definition) is 4. The molecule has 0 spiro atoms. The fraction of sp³-hybridized carbons (Fsp3) is 0.107. The Morgan fingerprint density at radius 3 is 2.29 bits per heavy atom. The van der Waals surface area contributed by atoms with Gasteiger partial charge in [-0.05, 0) is 55.3 Å². The average Bonchev–Trinajstić information content (AvgIpc) is 3.19. The number of aromatic amines is 1. The van der Waals surface area contributed by atoms with Crippen LogP contribution in [0, 0.1) is 10.1 Å². The summed E-state index contributed by atoms with van der Waals surface area (Å²) in [5.74, 6) is 0.643. The van der Waals surface area contributed by atoms with Crippen LogP contribution in [0.4, 0.5) is 5.69 Å². The molecule has 0 atom stereocenters. The van der Waals surface area contributed by atoms with Crippen LogP contribution in [0.15, 0.2) is 77.6 Å². The Labute approximate surface area is 202 Å². The first-order valence-corrected chi connectivity index (χ1v) is 11.0. The summed E-state index contributed by atoms with van der Waals surface area (Å²) < 4.78 is 6.95. The van der Waals surface area contributed by atoms with Gasteiger partial charge in [0, 0.05) is 17.7 Å². The van der Waals surface area contributed by atoms with Gasteiger partial charge in [-0.25, -0.2) is 4.68 Å². The molecule has 0 saturated heterocycles. The van der Waals surface area contributed by atoms with Crippen molar-refractivity contribution in [1.82, 2.24) is 9.78 Å². The van der Waals surface area contributed by atoms with E-state index in [0.29, 0.717) is 22.0 Å². The number of H-pyrrole nitrogens is 1. The molecule has 0 aliphatic heterocycles. The summed E-state index contributed by atoms with van der Waals surface area (Å²) in [5, 5.41) is 15.3. The SMILES string of the molecule is COc1ccc(C=Cc2ccccc2)cc1C=c1c(=C(C)C)[nH]n(-c2ccc([N+](=O)[O-])cc2)c1=O. The number of nitrogens with zero attached hydrogens (tertiary/aromatic N) is 2. The zero-order valence-electron chi connectivity index (χ0n) is 19.7. The van der Waals surface area contributed by atoms with Crippen molar-refractivity contribution < 1.29 is 9.66 Å². The monoisotopic (exact) mass is 467 g/mol. The van der Waals surface area contributed by atoms with Gasteiger partial charge in [0.05, 0.1) is 28.3 Å². The third-order valence-electron chi connectivity index (χ3n) is 5.57. The minimum absolute atomic E-state index is 0.0382. The summed E-state index contributed by atoms with van der Waals surface area (Å²) in [6.45, 7) is 3.83. The molecule has 0 fully saturated rings. The van der Waals surface area contributed by atoms with Crippen LogP contribution in [-0.2, 0) is 0 Å². The van der Waals surface area contributed by atoms with Crippen molar-refractivity contribution in [2.45, 2.75) is 13.8 Å². The molecule has 0 unspecified atom stereocenters. The van der Waals surface area contributed by atoms with Crippen LogP contribution >= 0.6 is 0 Å². The highest BCUT2D eigenvalue weighted by Crippen LogP contribution is 2.22. The Morgan fingerprint density at radius 2 is 1.66 bits per heavy atom. The Hall–Kier alpha value is -4.65. The second-order valence-corrected chi connectivity index (χ2v) is 8.20. The van der Waals surface area contributed by atoms with Gasteiger partial charge in [0.2, 0.25) is 0 Å². The quantitative estimate of drug-likeness (QED) is 0.260. The molecule has 7 heteroatoms. The number of nitrogens with one attached hydrogen (secondary N) is 1. The van der Waals surface area contributed by atoms with E-state index in [4.69, 9.17) is 4.74 Å². The van der Waals surface area contributed by atoms with E-state index >= 15 is 0 Å². The second-order valence-electron chi connectivity index (χ2n) is 8.20. The smallest absolute Gasteiger partial charge is 0.279 e. The molecule has 0 aliphatic carbocycles. The lowest BCUT2D eigenvalue weighted by atomic mass is 10.1. The molecule has 35 heavy (non-hydrogen) atoms. The van der Waals surface area contributed by atoms with Gasteiger partial charge in [-0.3, -0.25) is 20.0 Å². The fourth-order valence-electron chi connectivity index (χ4n) is 3.75. The van der Waals surface area contributed by atoms with Crippen molar-refractivity contribution in [3.8, 4) is 11.4 Å². The minimum Gasteiger partial charge on any atom is -0.496 e. The molecule has 1 heterocycles. The largest absolute Gasteiger partial charge is 0.496 e. The molecular formula is C28H25N3O4. The van der Waals surface area contributed by atoms with Crippen LogP contribution < -0.4 is 20.9 Å². The first-order valence-electron chi connectivity index (χ1n) is 11.0. The van der Waals surface area contributed by atoms with Crippen LogP contribution in [-0.4, -0.2) is 21.8 Å². The van der Waals surface area contributed by atoms with Crippen LogP contribution in [0.1, 0.15) is 30.5 Å². The predicted molar refractivity (Wildman–Crippen MR) is 139 cm³/mol. The standard InChI is InChI=1S/C28H25N3O4/c1-19(2)27-25(28(32)30(29-27)23-12-14-24(15-13-23)31(33)34)18-22-17-21(11-16-26(22)35-3)10-9-20-7-5-4-6-8-20/h4-18,29H,1-3H3. The molecule has 176 valence electrons. The zero-order valence-corrected chi connectivity index (χ0v) is 19.7. The molecule has 4 rings (SSSR count). The minimum atomic E-state index is -0.471. The van der Waals surface area contributed by atoms with Gasteiger partial charge in [0.15, 0.2) is 0 Å². The van der Waals surface area contributed by atoms with Gasteiger partial charge in [-0.2, -0.15) is 0 Å². The molecule has 0 bridgehead atoms. The highest BCUT2D eigenvalue weighted by molar-refractivity contribution is 5.72. The Morgan fingerprint density at radius 1 is 0.971 bits per heavy atom. The molecule has 0 saturated carbocycles. The third-order valence-corrected chi connectivity index (χ3v) is 5.57. The number of rotatable bonds is 6. The summed E-state index contributed by atoms with van der Waals surface area (Å²) in [5.41, 5.74) is 3.94. The zero-order chi connectivity index (χ0) is 24.9. The number of benzene rings is 3. The van der Waals surface area contributed by atoms with E-state index < -0.39 is 4.92 Å². The predicted octanol–water partition coefficient (Wildman–Crippen LogP) is 4.27. The maximum Gasteiger partial charge on any atom is 0.279 e. The van der Waals surface area contributed by atoms with Gasteiger partial charge < -0.3 is 4.74 Å². The van der Waals surface area contributed by atoms with Crippen LogP contribution in [0.3, 0.4) is 0 Å². The first kappa shape index (κ1) is 23.5. The molecule has 1 aromatic heterocycles. The number of ether oxygens (including phenoxy) is 1. The molecule has 7 nitrogen and oxygen atoms in total. The Kier molecular flexibility index (Phi) is 6.78. The highest BCUT2D eigenvalue weighted by Gasteiger charge is 2.11. The van der Waals surface area contributed by atoms with Crippen molar-refractivity contribution in [3.63, 3.8) is 0 Å². The van der Waals surface area contributed by atoms with Crippen LogP contribution in [0.25, 0.3) is 29.5 Å². The number of aromatic nitrogens is 2. The number of hydrogen-bond donors (Lipinski definition) is 1. The maximum absolute atomic E-state index is 13.4. The van der Waals surface area contributed by atoms with Crippen molar-refractivity contribution in [3.05, 3.63) is 121 Å². The Bertz CT molecular complexity index is 1570. The molecule has 0 radical (unpaired) electrons. The number of nitro benzene ring substituents is 1. The van der Waals surface area contributed by atoms with Gasteiger partial charge in [0.1, 0.15) is 5.75 Å². The van der Waals surface area contributed by atoms with E-state index in [-0.39, 0.29) is 11.2 Å². The van der Waals surface area contributed by atoms with Crippen LogP contribution in [0.2, 0.25) is 0 Å². The molecule has 4 aromatic rings. The van der Waals surface area contributed by atoms with Crippen LogP contribution in [0.5, 0.6) is 5.75 Å². The van der Waals surface area contributed by atoms with E-state index in [1.165, 1.54) is 16.8 Å². The van der Waals surface area contributed by atoms with Gasteiger partial charge in [0.25, 0.3) is 11.2 Å². The lowest BCUT2D eigenvalue weighted by Crippen LogP contribution is -2.35. The summed E-state index contributed by atoms with van der Waals surface area (Å²) in [6.07, 6.45) is 5.84. The van der Waals surface area contributed by atoms with Gasteiger partial charge in [-0.1, -0.05) is 54.1 Å². The summed E-state index contributed by atoms with van der Waals surface area (Å²) in [4.78, 5) is 23.9.